The third kappa shape index (κ3) is 4.62. The van der Waals surface area contributed by atoms with E-state index in [-0.39, 0.29) is 0 Å². The maximum absolute atomic E-state index is 4.41. The monoisotopic (exact) mass is 350 g/mol. The molecule has 4 heteroatoms. The summed E-state index contributed by atoms with van der Waals surface area (Å²) in [5.41, 5.74) is 2.63. The topological polar surface area (TPSA) is 24.9 Å². The molecule has 2 aromatic rings. The standard InChI is InChI=1S/C16H19BrN2S/c1-3-18-15(13-6-4-12(2)5-7-13)11-20-16-9-8-14(17)10-19-16/h4-10,15,18H,3,11H2,1-2H3. The minimum atomic E-state index is 0.357. The number of rotatable bonds is 6. The van der Waals surface area contributed by atoms with Crippen LogP contribution in [-0.2, 0) is 0 Å². The largest absolute Gasteiger partial charge is 0.309 e. The Morgan fingerprint density at radius 2 is 1.95 bits per heavy atom. The second kappa shape index (κ2) is 7.81. The van der Waals surface area contributed by atoms with Gasteiger partial charge in [0.2, 0.25) is 0 Å². The van der Waals surface area contributed by atoms with E-state index in [1.807, 2.05) is 18.3 Å². The fraction of sp³-hybridized carbons (Fsp3) is 0.312. The molecule has 2 rings (SSSR count). The van der Waals surface area contributed by atoms with Crippen molar-refractivity contribution >= 4 is 27.7 Å². The molecule has 1 aromatic heterocycles. The number of nitrogens with one attached hydrogen (secondary N) is 1. The average Bonchev–Trinajstić information content (AvgIpc) is 2.46. The summed E-state index contributed by atoms with van der Waals surface area (Å²) >= 11 is 5.19. The van der Waals surface area contributed by atoms with Crippen molar-refractivity contribution in [1.82, 2.24) is 10.3 Å². The molecule has 2 nitrogen and oxygen atoms in total. The molecule has 0 aliphatic rings. The van der Waals surface area contributed by atoms with Gasteiger partial charge in [-0.15, -0.1) is 11.8 Å². The number of hydrogen-bond donors (Lipinski definition) is 1. The van der Waals surface area contributed by atoms with Gasteiger partial charge in [0.25, 0.3) is 0 Å². The van der Waals surface area contributed by atoms with Crippen molar-refractivity contribution in [2.45, 2.75) is 24.9 Å². The number of aryl methyl sites for hydroxylation is 1. The average molecular weight is 351 g/mol. The second-order valence-corrected chi connectivity index (χ2v) is 6.60. The molecule has 0 aliphatic heterocycles. The Kier molecular flexibility index (Phi) is 6.07. The van der Waals surface area contributed by atoms with Crippen LogP contribution < -0.4 is 5.32 Å². The summed E-state index contributed by atoms with van der Waals surface area (Å²) in [4.78, 5) is 4.41. The van der Waals surface area contributed by atoms with Crippen LogP contribution in [-0.4, -0.2) is 17.3 Å². The van der Waals surface area contributed by atoms with E-state index >= 15 is 0 Å². The third-order valence-electron chi connectivity index (χ3n) is 3.03. The summed E-state index contributed by atoms with van der Waals surface area (Å²) in [7, 11) is 0. The maximum atomic E-state index is 4.41. The molecule has 1 aromatic carbocycles. The molecule has 1 N–H and O–H groups in total. The summed E-state index contributed by atoms with van der Waals surface area (Å²) in [5.74, 6) is 0.978. The first-order valence-corrected chi connectivity index (χ1v) is 8.51. The second-order valence-electron chi connectivity index (χ2n) is 4.65. The molecule has 20 heavy (non-hydrogen) atoms. The molecular weight excluding hydrogens is 332 g/mol. The van der Waals surface area contributed by atoms with Gasteiger partial charge in [0.05, 0.1) is 5.03 Å². The van der Waals surface area contributed by atoms with Crippen LogP contribution in [0.15, 0.2) is 52.1 Å². The Labute approximate surface area is 133 Å². The van der Waals surface area contributed by atoms with Crippen molar-refractivity contribution in [2.75, 3.05) is 12.3 Å². The predicted molar refractivity (Wildman–Crippen MR) is 90.3 cm³/mol. The summed E-state index contributed by atoms with van der Waals surface area (Å²) in [5, 5.41) is 4.60. The Balaban J connectivity index is 2.02. The molecule has 1 unspecified atom stereocenters. The molecule has 0 bridgehead atoms. The van der Waals surface area contributed by atoms with Crippen LogP contribution >= 0.6 is 27.7 Å². The maximum Gasteiger partial charge on any atom is 0.0961 e. The van der Waals surface area contributed by atoms with E-state index in [1.165, 1.54) is 11.1 Å². The van der Waals surface area contributed by atoms with E-state index in [4.69, 9.17) is 0 Å². The zero-order valence-electron chi connectivity index (χ0n) is 11.8. The van der Waals surface area contributed by atoms with Crippen molar-refractivity contribution < 1.29 is 0 Å². The van der Waals surface area contributed by atoms with Gasteiger partial charge in [-0.25, -0.2) is 4.98 Å². The van der Waals surface area contributed by atoms with Crippen LogP contribution in [0.3, 0.4) is 0 Å². The number of hydrogen-bond acceptors (Lipinski definition) is 3. The lowest BCUT2D eigenvalue weighted by Crippen LogP contribution is -2.22. The van der Waals surface area contributed by atoms with Crippen molar-refractivity contribution in [3.63, 3.8) is 0 Å². The zero-order valence-corrected chi connectivity index (χ0v) is 14.2. The van der Waals surface area contributed by atoms with Gasteiger partial charge >= 0.3 is 0 Å². The fourth-order valence-corrected chi connectivity index (χ4v) is 3.11. The number of halogens is 1. The highest BCUT2D eigenvalue weighted by atomic mass is 79.9. The highest BCUT2D eigenvalue weighted by Crippen LogP contribution is 2.24. The Morgan fingerprint density at radius 1 is 1.20 bits per heavy atom. The molecule has 0 fully saturated rings. The van der Waals surface area contributed by atoms with E-state index in [2.05, 4.69) is 64.3 Å². The first kappa shape index (κ1) is 15.5. The molecular formula is C16H19BrN2S. The number of nitrogens with zero attached hydrogens (tertiary/aromatic N) is 1. The van der Waals surface area contributed by atoms with Crippen LogP contribution in [0.5, 0.6) is 0 Å². The number of thioether (sulfide) groups is 1. The van der Waals surface area contributed by atoms with E-state index in [9.17, 15) is 0 Å². The smallest absolute Gasteiger partial charge is 0.0961 e. The molecule has 1 heterocycles. The normalized spacial score (nSPS) is 12.3. The molecule has 0 radical (unpaired) electrons. The third-order valence-corrected chi connectivity index (χ3v) is 4.53. The van der Waals surface area contributed by atoms with Crippen molar-refractivity contribution in [3.8, 4) is 0 Å². The highest BCUT2D eigenvalue weighted by Gasteiger charge is 2.11. The fourth-order valence-electron chi connectivity index (χ4n) is 1.93. The zero-order chi connectivity index (χ0) is 14.4. The number of benzene rings is 1. The molecule has 0 amide bonds. The Morgan fingerprint density at radius 3 is 2.55 bits per heavy atom. The predicted octanol–water partition coefficient (Wildman–Crippen LogP) is 4.60. The first-order valence-electron chi connectivity index (χ1n) is 6.73. The van der Waals surface area contributed by atoms with Gasteiger partial charge < -0.3 is 5.32 Å². The van der Waals surface area contributed by atoms with Crippen molar-refractivity contribution in [1.29, 1.82) is 0 Å². The van der Waals surface area contributed by atoms with Gasteiger partial charge in [-0.1, -0.05) is 36.8 Å². The van der Waals surface area contributed by atoms with E-state index in [1.54, 1.807) is 11.8 Å². The molecule has 0 saturated heterocycles. The summed E-state index contributed by atoms with van der Waals surface area (Å²) < 4.78 is 1.02. The van der Waals surface area contributed by atoms with Crippen LogP contribution in [0.25, 0.3) is 0 Å². The number of aromatic nitrogens is 1. The molecule has 0 aliphatic carbocycles. The molecule has 0 saturated carbocycles. The lowest BCUT2D eigenvalue weighted by atomic mass is 10.1. The Hall–Kier alpha value is -0.840. The van der Waals surface area contributed by atoms with Crippen LogP contribution in [0.2, 0.25) is 0 Å². The molecule has 1 atom stereocenters. The van der Waals surface area contributed by atoms with Crippen LogP contribution in [0.4, 0.5) is 0 Å². The van der Waals surface area contributed by atoms with Crippen LogP contribution in [0.1, 0.15) is 24.1 Å². The van der Waals surface area contributed by atoms with Gasteiger partial charge in [0.1, 0.15) is 0 Å². The number of pyridine rings is 1. The molecule has 0 spiro atoms. The van der Waals surface area contributed by atoms with E-state index < -0.39 is 0 Å². The Bertz CT molecular complexity index is 525. The van der Waals surface area contributed by atoms with Crippen molar-refractivity contribution in [2.24, 2.45) is 0 Å². The van der Waals surface area contributed by atoms with Gasteiger partial charge in [-0.2, -0.15) is 0 Å². The van der Waals surface area contributed by atoms with Gasteiger partial charge in [0, 0.05) is 22.5 Å². The quantitative estimate of drug-likeness (QED) is 0.770. The highest BCUT2D eigenvalue weighted by molar-refractivity contribution is 9.10. The van der Waals surface area contributed by atoms with Gasteiger partial charge in [0.15, 0.2) is 0 Å². The van der Waals surface area contributed by atoms with Gasteiger partial charge in [-0.05, 0) is 47.1 Å². The van der Waals surface area contributed by atoms with Crippen LogP contribution in [0, 0.1) is 6.92 Å². The van der Waals surface area contributed by atoms with Gasteiger partial charge in [-0.3, -0.25) is 0 Å². The first-order chi connectivity index (χ1) is 9.69. The SMILES string of the molecule is CCNC(CSc1ccc(Br)cn1)c1ccc(C)cc1. The summed E-state index contributed by atoms with van der Waals surface area (Å²) in [6.45, 7) is 5.23. The lowest BCUT2D eigenvalue weighted by Gasteiger charge is -2.18. The summed E-state index contributed by atoms with van der Waals surface area (Å²) in [6, 6.07) is 13.2. The van der Waals surface area contributed by atoms with E-state index in [0.717, 1.165) is 21.8 Å². The molecule has 106 valence electrons. The van der Waals surface area contributed by atoms with Crippen molar-refractivity contribution in [3.05, 3.63) is 58.2 Å². The lowest BCUT2D eigenvalue weighted by molar-refractivity contribution is 0.605. The van der Waals surface area contributed by atoms with E-state index in [0.29, 0.717) is 6.04 Å². The summed E-state index contributed by atoms with van der Waals surface area (Å²) in [6.07, 6.45) is 1.84. The minimum Gasteiger partial charge on any atom is -0.309 e. The minimum absolute atomic E-state index is 0.357.